The second-order valence-electron chi connectivity index (χ2n) is 4.22. The smallest absolute Gasteiger partial charge is 0.251 e. The molecule has 0 aliphatic rings. The number of carbonyl (C=O) groups excluding carboxylic acids is 1. The van der Waals surface area contributed by atoms with Crippen LogP contribution in [0.3, 0.4) is 0 Å². The summed E-state index contributed by atoms with van der Waals surface area (Å²) >= 11 is 0. The number of aryl methyl sites for hydroxylation is 1. The number of hydrogen-bond donors (Lipinski definition) is 2. The van der Waals surface area contributed by atoms with Gasteiger partial charge in [0.05, 0.1) is 0 Å². The van der Waals surface area contributed by atoms with Crippen molar-refractivity contribution in [2.45, 2.75) is 39.2 Å². The van der Waals surface area contributed by atoms with Gasteiger partial charge in [-0.15, -0.1) is 0 Å². The third-order valence-electron chi connectivity index (χ3n) is 2.97. The minimum absolute atomic E-state index is 0.00533. The Morgan fingerprint density at radius 3 is 2.71 bits per heavy atom. The van der Waals surface area contributed by atoms with Gasteiger partial charge in [0.15, 0.2) is 0 Å². The predicted molar refractivity (Wildman–Crippen MR) is 71.0 cm³/mol. The zero-order valence-electron chi connectivity index (χ0n) is 10.7. The van der Waals surface area contributed by atoms with Gasteiger partial charge < -0.3 is 11.1 Å². The largest absolute Gasteiger partial charge is 0.352 e. The number of nitrogens with one attached hydrogen (secondary N) is 1. The van der Waals surface area contributed by atoms with E-state index in [9.17, 15) is 4.79 Å². The van der Waals surface area contributed by atoms with Crippen molar-refractivity contribution in [2.24, 2.45) is 5.73 Å². The highest BCUT2D eigenvalue weighted by Crippen LogP contribution is 2.09. The van der Waals surface area contributed by atoms with E-state index in [1.165, 1.54) is 0 Å². The van der Waals surface area contributed by atoms with Gasteiger partial charge in [0.2, 0.25) is 0 Å². The Hall–Kier alpha value is -1.35. The fraction of sp³-hybridized carbons (Fsp3) is 0.500. The zero-order chi connectivity index (χ0) is 12.7. The van der Waals surface area contributed by atoms with Crippen LogP contribution in [0, 0.1) is 0 Å². The van der Waals surface area contributed by atoms with Crippen LogP contribution in [0.4, 0.5) is 0 Å². The van der Waals surface area contributed by atoms with Crippen molar-refractivity contribution < 1.29 is 4.79 Å². The van der Waals surface area contributed by atoms with Crippen LogP contribution in [0.15, 0.2) is 24.3 Å². The maximum atomic E-state index is 11.9. The molecular weight excluding hydrogens is 212 g/mol. The first-order valence-electron chi connectivity index (χ1n) is 6.30. The van der Waals surface area contributed by atoms with Gasteiger partial charge >= 0.3 is 0 Å². The van der Waals surface area contributed by atoms with Gasteiger partial charge in [0, 0.05) is 18.2 Å². The Balaban J connectivity index is 2.52. The first-order chi connectivity index (χ1) is 8.19. The first kappa shape index (κ1) is 13.7. The third-order valence-corrected chi connectivity index (χ3v) is 2.97. The van der Waals surface area contributed by atoms with E-state index in [1.807, 2.05) is 24.3 Å². The summed E-state index contributed by atoms with van der Waals surface area (Å²) in [7, 11) is 0. The molecule has 0 saturated heterocycles. The summed E-state index contributed by atoms with van der Waals surface area (Å²) in [5.74, 6) is 0.00533. The van der Waals surface area contributed by atoms with Crippen molar-refractivity contribution in [3.8, 4) is 0 Å². The highest BCUT2D eigenvalue weighted by atomic mass is 16.1. The molecule has 3 N–H and O–H groups in total. The molecule has 0 aliphatic carbocycles. The highest BCUT2D eigenvalue weighted by molar-refractivity contribution is 5.95. The molecule has 0 bridgehead atoms. The van der Waals surface area contributed by atoms with Gasteiger partial charge in [0.25, 0.3) is 5.91 Å². The van der Waals surface area contributed by atoms with E-state index < -0.39 is 0 Å². The number of amides is 1. The van der Waals surface area contributed by atoms with Crippen LogP contribution < -0.4 is 11.1 Å². The second kappa shape index (κ2) is 7.07. The van der Waals surface area contributed by atoms with Crippen LogP contribution in [-0.4, -0.2) is 18.5 Å². The number of rotatable bonds is 6. The zero-order valence-corrected chi connectivity index (χ0v) is 10.7. The van der Waals surface area contributed by atoms with Crippen LogP contribution in [0.2, 0.25) is 0 Å². The maximum Gasteiger partial charge on any atom is 0.251 e. The Morgan fingerprint density at radius 1 is 1.35 bits per heavy atom. The molecule has 1 atom stereocenters. The Kier molecular flexibility index (Phi) is 5.70. The van der Waals surface area contributed by atoms with Crippen LogP contribution in [-0.2, 0) is 6.42 Å². The molecule has 1 aromatic carbocycles. The summed E-state index contributed by atoms with van der Waals surface area (Å²) in [6.45, 7) is 4.75. The monoisotopic (exact) mass is 234 g/mol. The fourth-order valence-electron chi connectivity index (χ4n) is 1.72. The summed E-state index contributed by atoms with van der Waals surface area (Å²) < 4.78 is 0. The minimum atomic E-state index is 0.00533. The van der Waals surface area contributed by atoms with E-state index in [0.29, 0.717) is 6.54 Å². The van der Waals surface area contributed by atoms with Crippen molar-refractivity contribution in [2.75, 3.05) is 6.54 Å². The van der Waals surface area contributed by atoms with Crippen molar-refractivity contribution in [3.05, 3.63) is 35.4 Å². The van der Waals surface area contributed by atoms with Gasteiger partial charge in [-0.1, -0.05) is 32.0 Å². The summed E-state index contributed by atoms with van der Waals surface area (Å²) in [6, 6.07) is 7.89. The van der Waals surface area contributed by atoms with Gasteiger partial charge in [-0.2, -0.15) is 0 Å². The first-order valence-corrected chi connectivity index (χ1v) is 6.30. The molecule has 17 heavy (non-hydrogen) atoms. The molecule has 0 spiro atoms. The van der Waals surface area contributed by atoms with Gasteiger partial charge in [-0.05, 0) is 30.9 Å². The molecule has 94 valence electrons. The van der Waals surface area contributed by atoms with E-state index in [1.54, 1.807) is 0 Å². The quantitative estimate of drug-likeness (QED) is 0.792. The minimum Gasteiger partial charge on any atom is -0.352 e. The number of nitrogens with two attached hydrogens (primary N) is 1. The lowest BCUT2D eigenvalue weighted by atomic mass is 10.0. The Morgan fingerprint density at radius 2 is 2.06 bits per heavy atom. The number of hydrogen-bond acceptors (Lipinski definition) is 2. The van der Waals surface area contributed by atoms with Crippen molar-refractivity contribution in [1.82, 2.24) is 5.32 Å². The lowest BCUT2D eigenvalue weighted by molar-refractivity contribution is 0.0951. The van der Waals surface area contributed by atoms with Gasteiger partial charge in [-0.3, -0.25) is 4.79 Å². The van der Waals surface area contributed by atoms with E-state index in [2.05, 4.69) is 19.2 Å². The van der Waals surface area contributed by atoms with Crippen LogP contribution >= 0.6 is 0 Å². The molecule has 1 unspecified atom stereocenters. The van der Waals surface area contributed by atoms with E-state index in [-0.39, 0.29) is 11.9 Å². The van der Waals surface area contributed by atoms with E-state index >= 15 is 0 Å². The molecule has 1 rings (SSSR count). The lowest BCUT2D eigenvalue weighted by Gasteiger charge is -2.11. The normalized spacial score (nSPS) is 12.2. The molecular formula is C14H22N2O. The average molecular weight is 234 g/mol. The van der Waals surface area contributed by atoms with Crippen LogP contribution in [0.1, 0.15) is 42.6 Å². The predicted octanol–water partition coefficient (Wildman–Crippen LogP) is 2.11. The molecule has 3 heteroatoms. The molecule has 0 aromatic heterocycles. The molecule has 0 saturated carbocycles. The standard InChI is InChI=1S/C14H22N2O/c1-3-11-7-5-6-8-13(11)14(17)16-10-9-12(15)4-2/h5-8,12H,3-4,9-10,15H2,1-2H3,(H,16,17). The molecule has 0 fully saturated rings. The molecule has 0 heterocycles. The summed E-state index contributed by atoms with van der Waals surface area (Å²) in [4.78, 5) is 11.9. The molecule has 1 amide bonds. The fourth-order valence-corrected chi connectivity index (χ4v) is 1.72. The second-order valence-corrected chi connectivity index (χ2v) is 4.22. The molecule has 3 nitrogen and oxygen atoms in total. The van der Waals surface area contributed by atoms with Crippen molar-refractivity contribution in [3.63, 3.8) is 0 Å². The lowest BCUT2D eigenvalue weighted by Crippen LogP contribution is -2.30. The summed E-state index contributed by atoms with van der Waals surface area (Å²) in [6.07, 6.45) is 2.65. The maximum absolute atomic E-state index is 11.9. The molecule has 0 radical (unpaired) electrons. The van der Waals surface area contributed by atoms with Crippen LogP contribution in [0.5, 0.6) is 0 Å². The van der Waals surface area contributed by atoms with Gasteiger partial charge in [-0.25, -0.2) is 0 Å². The third kappa shape index (κ3) is 4.19. The van der Waals surface area contributed by atoms with Crippen molar-refractivity contribution in [1.29, 1.82) is 0 Å². The number of carbonyl (C=O) groups is 1. The topological polar surface area (TPSA) is 55.1 Å². The summed E-state index contributed by atoms with van der Waals surface area (Å²) in [5, 5.41) is 2.92. The van der Waals surface area contributed by atoms with Crippen LogP contribution in [0.25, 0.3) is 0 Å². The van der Waals surface area contributed by atoms with Crippen molar-refractivity contribution >= 4 is 5.91 Å². The van der Waals surface area contributed by atoms with Gasteiger partial charge in [0.1, 0.15) is 0 Å². The highest BCUT2D eigenvalue weighted by Gasteiger charge is 2.09. The number of benzene rings is 1. The Bertz CT molecular complexity index is 363. The Labute approximate surface area is 103 Å². The van der Waals surface area contributed by atoms with E-state index in [4.69, 9.17) is 5.73 Å². The summed E-state index contributed by atoms with van der Waals surface area (Å²) in [5.41, 5.74) is 7.67. The van der Waals surface area contributed by atoms with E-state index in [0.717, 1.165) is 30.4 Å². The molecule has 1 aromatic rings. The SMILES string of the molecule is CCc1ccccc1C(=O)NCCC(N)CC. The average Bonchev–Trinajstić information content (AvgIpc) is 2.38. The molecule has 0 aliphatic heterocycles.